The molecule has 1 aliphatic carbocycles. The Kier molecular flexibility index (Phi) is 10.9. The zero-order valence-corrected chi connectivity index (χ0v) is 14.5. The molecule has 0 saturated heterocycles. The molecule has 0 heterocycles. The van der Waals surface area contributed by atoms with Crippen molar-refractivity contribution in [2.24, 2.45) is 10.9 Å². The van der Waals surface area contributed by atoms with Gasteiger partial charge in [-0.2, -0.15) is 0 Å². The smallest absolute Gasteiger partial charge is 0.191 e. The number of hydrogen-bond donors (Lipinski definition) is 2. The van der Waals surface area contributed by atoms with E-state index in [9.17, 15) is 0 Å². The van der Waals surface area contributed by atoms with E-state index in [1.165, 1.54) is 44.9 Å². The molecular weight excluding hydrogens is 337 g/mol. The molecule has 18 heavy (non-hydrogen) atoms. The van der Waals surface area contributed by atoms with Gasteiger partial charge in [-0.3, -0.25) is 4.99 Å². The van der Waals surface area contributed by atoms with Gasteiger partial charge in [-0.25, -0.2) is 0 Å². The Morgan fingerprint density at radius 2 is 1.89 bits per heavy atom. The normalized spacial score (nSPS) is 16.8. The van der Waals surface area contributed by atoms with E-state index in [1.807, 2.05) is 7.05 Å². The standard InChI is InChI=1S/C14H29N3.HI/c1-12(2)8-6-7-11-16-14(15-3)17-13-9-4-5-10-13;/h12-13H,4-11H2,1-3H3,(H2,15,16,17);1H. The van der Waals surface area contributed by atoms with Crippen molar-refractivity contribution < 1.29 is 0 Å². The number of nitrogens with one attached hydrogen (secondary N) is 2. The molecule has 0 aliphatic heterocycles. The number of unbranched alkanes of at least 4 members (excludes halogenated alkanes) is 1. The monoisotopic (exact) mass is 367 g/mol. The van der Waals surface area contributed by atoms with E-state index < -0.39 is 0 Å². The quantitative estimate of drug-likeness (QED) is 0.326. The molecule has 108 valence electrons. The lowest BCUT2D eigenvalue weighted by Crippen LogP contribution is -2.42. The molecule has 1 saturated carbocycles. The molecule has 0 aromatic carbocycles. The van der Waals surface area contributed by atoms with E-state index in [-0.39, 0.29) is 24.0 Å². The number of halogens is 1. The summed E-state index contributed by atoms with van der Waals surface area (Å²) >= 11 is 0. The van der Waals surface area contributed by atoms with Crippen LogP contribution in [0, 0.1) is 5.92 Å². The van der Waals surface area contributed by atoms with Crippen molar-refractivity contribution in [1.29, 1.82) is 0 Å². The molecule has 3 nitrogen and oxygen atoms in total. The van der Waals surface area contributed by atoms with Crippen LogP contribution in [-0.2, 0) is 0 Å². The van der Waals surface area contributed by atoms with Gasteiger partial charge in [0.15, 0.2) is 5.96 Å². The van der Waals surface area contributed by atoms with E-state index in [0.29, 0.717) is 6.04 Å². The number of guanidine groups is 1. The van der Waals surface area contributed by atoms with Gasteiger partial charge in [-0.1, -0.05) is 39.5 Å². The molecule has 1 rings (SSSR count). The van der Waals surface area contributed by atoms with Gasteiger partial charge in [0.05, 0.1) is 0 Å². The predicted molar refractivity (Wildman–Crippen MR) is 90.9 cm³/mol. The van der Waals surface area contributed by atoms with Crippen molar-refractivity contribution in [3.63, 3.8) is 0 Å². The maximum absolute atomic E-state index is 4.28. The first kappa shape index (κ1) is 18.0. The van der Waals surface area contributed by atoms with Gasteiger partial charge >= 0.3 is 0 Å². The summed E-state index contributed by atoms with van der Waals surface area (Å²) < 4.78 is 0. The summed E-state index contributed by atoms with van der Waals surface area (Å²) in [7, 11) is 1.86. The topological polar surface area (TPSA) is 36.4 Å². The van der Waals surface area contributed by atoms with Crippen LogP contribution in [0.5, 0.6) is 0 Å². The molecule has 0 unspecified atom stereocenters. The van der Waals surface area contributed by atoms with Gasteiger partial charge in [0.25, 0.3) is 0 Å². The summed E-state index contributed by atoms with van der Waals surface area (Å²) in [6.45, 7) is 5.61. The Bertz CT molecular complexity index is 223. The highest BCUT2D eigenvalue weighted by Crippen LogP contribution is 2.17. The highest BCUT2D eigenvalue weighted by molar-refractivity contribution is 14.0. The molecule has 0 atom stereocenters. The van der Waals surface area contributed by atoms with Gasteiger partial charge in [0.2, 0.25) is 0 Å². The number of hydrogen-bond acceptors (Lipinski definition) is 1. The lowest BCUT2D eigenvalue weighted by atomic mass is 10.1. The van der Waals surface area contributed by atoms with Crippen LogP contribution >= 0.6 is 24.0 Å². The second kappa shape index (κ2) is 10.9. The van der Waals surface area contributed by atoms with Crippen molar-refractivity contribution in [3.8, 4) is 0 Å². The zero-order chi connectivity index (χ0) is 12.5. The second-order valence-electron chi connectivity index (χ2n) is 5.51. The van der Waals surface area contributed by atoms with E-state index in [2.05, 4.69) is 29.5 Å². The summed E-state index contributed by atoms with van der Waals surface area (Å²) in [6.07, 6.45) is 9.21. The van der Waals surface area contributed by atoms with Crippen LogP contribution in [0.4, 0.5) is 0 Å². The fraction of sp³-hybridized carbons (Fsp3) is 0.929. The molecular formula is C14H30IN3. The van der Waals surface area contributed by atoms with Crippen LogP contribution in [0.3, 0.4) is 0 Å². The minimum Gasteiger partial charge on any atom is -0.356 e. The minimum atomic E-state index is 0. The van der Waals surface area contributed by atoms with Gasteiger partial charge < -0.3 is 10.6 Å². The van der Waals surface area contributed by atoms with Crippen LogP contribution in [0.2, 0.25) is 0 Å². The van der Waals surface area contributed by atoms with Crippen molar-refractivity contribution in [1.82, 2.24) is 10.6 Å². The van der Waals surface area contributed by atoms with E-state index in [1.54, 1.807) is 0 Å². The van der Waals surface area contributed by atoms with Gasteiger partial charge in [0, 0.05) is 19.6 Å². The van der Waals surface area contributed by atoms with Crippen molar-refractivity contribution >= 4 is 29.9 Å². The first-order chi connectivity index (χ1) is 8.22. The SMILES string of the molecule is CN=C(NCCCCC(C)C)NC1CCCC1.I. The van der Waals surface area contributed by atoms with Gasteiger partial charge in [-0.05, 0) is 25.2 Å². The molecule has 4 heteroatoms. The number of nitrogens with zero attached hydrogens (tertiary/aromatic N) is 1. The average Bonchev–Trinajstić information content (AvgIpc) is 2.79. The first-order valence-electron chi connectivity index (χ1n) is 7.19. The third-order valence-corrected chi connectivity index (χ3v) is 3.42. The Morgan fingerprint density at radius 1 is 1.22 bits per heavy atom. The molecule has 0 aromatic rings. The summed E-state index contributed by atoms with van der Waals surface area (Å²) in [5.74, 6) is 1.81. The van der Waals surface area contributed by atoms with Crippen LogP contribution in [0.1, 0.15) is 58.8 Å². The lowest BCUT2D eigenvalue weighted by molar-refractivity contribution is 0.532. The molecule has 0 radical (unpaired) electrons. The van der Waals surface area contributed by atoms with E-state index in [4.69, 9.17) is 0 Å². The maximum atomic E-state index is 4.28. The fourth-order valence-electron chi connectivity index (χ4n) is 2.34. The number of rotatable bonds is 6. The third kappa shape index (κ3) is 8.16. The molecule has 1 fully saturated rings. The van der Waals surface area contributed by atoms with Crippen LogP contribution in [0.25, 0.3) is 0 Å². The fourth-order valence-corrected chi connectivity index (χ4v) is 2.34. The molecule has 0 amide bonds. The first-order valence-corrected chi connectivity index (χ1v) is 7.19. The summed E-state index contributed by atoms with van der Waals surface area (Å²) in [5, 5.41) is 6.91. The molecule has 2 N–H and O–H groups in total. The Balaban J connectivity index is 0.00000289. The highest BCUT2D eigenvalue weighted by atomic mass is 127. The molecule has 0 bridgehead atoms. The van der Waals surface area contributed by atoms with Crippen molar-refractivity contribution in [2.75, 3.05) is 13.6 Å². The van der Waals surface area contributed by atoms with Crippen molar-refractivity contribution in [3.05, 3.63) is 0 Å². The zero-order valence-electron chi connectivity index (χ0n) is 12.2. The Hall–Kier alpha value is 0. The minimum absolute atomic E-state index is 0. The third-order valence-electron chi connectivity index (χ3n) is 3.42. The van der Waals surface area contributed by atoms with Gasteiger partial charge in [-0.15, -0.1) is 24.0 Å². The summed E-state index contributed by atoms with van der Waals surface area (Å²) in [5.41, 5.74) is 0. The van der Waals surface area contributed by atoms with Crippen LogP contribution in [0.15, 0.2) is 4.99 Å². The second-order valence-corrected chi connectivity index (χ2v) is 5.51. The van der Waals surface area contributed by atoms with Gasteiger partial charge in [0.1, 0.15) is 0 Å². The molecule has 0 spiro atoms. The summed E-state index contributed by atoms with van der Waals surface area (Å²) in [6, 6.07) is 0.650. The number of aliphatic imine (C=N–C) groups is 1. The van der Waals surface area contributed by atoms with Crippen LogP contribution < -0.4 is 10.6 Å². The largest absolute Gasteiger partial charge is 0.356 e. The van der Waals surface area contributed by atoms with E-state index >= 15 is 0 Å². The predicted octanol–water partition coefficient (Wildman–Crippen LogP) is 3.54. The van der Waals surface area contributed by atoms with E-state index in [0.717, 1.165) is 18.4 Å². The Labute approximate surface area is 130 Å². The lowest BCUT2D eigenvalue weighted by Gasteiger charge is -2.16. The van der Waals surface area contributed by atoms with Crippen LogP contribution in [-0.4, -0.2) is 25.6 Å². The highest BCUT2D eigenvalue weighted by Gasteiger charge is 2.15. The summed E-state index contributed by atoms with van der Waals surface area (Å²) in [4.78, 5) is 4.28. The van der Waals surface area contributed by atoms with Crippen molar-refractivity contribution in [2.45, 2.75) is 64.8 Å². The maximum Gasteiger partial charge on any atom is 0.191 e. The molecule has 0 aromatic heterocycles. The molecule has 1 aliphatic rings. The Morgan fingerprint density at radius 3 is 2.44 bits per heavy atom. The average molecular weight is 367 g/mol.